The molecule has 3 aliphatic rings. The lowest BCUT2D eigenvalue weighted by Gasteiger charge is -2.30. The summed E-state index contributed by atoms with van der Waals surface area (Å²) in [6.45, 7) is 1.57. The van der Waals surface area contributed by atoms with E-state index in [1.54, 1.807) is 6.20 Å². The SMILES string of the molecule is O=C1C=C(n2ncc3cc(-c4cnc5c(c4)OCCN5C4CC4)ccc32)S(=O)N1. The fourth-order valence-electron chi connectivity index (χ4n) is 3.89. The average Bonchev–Trinajstić information content (AvgIpc) is 3.41. The third-order valence-corrected chi connectivity index (χ3v) is 6.49. The number of hydrogen-bond acceptors (Lipinski definition) is 6. The first-order chi connectivity index (χ1) is 14.2. The number of rotatable bonds is 3. The third kappa shape index (κ3) is 2.72. The van der Waals surface area contributed by atoms with Crippen LogP contribution in [0, 0.1) is 0 Å². The van der Waals surface area contributed by atoms with Gasteiger partial charge in [-0.2, -0.15) is 5.10 Å². The highest BCUT2D eigenvalue weighted by molar-refractivity contribution is 7.93. The number of fused-ring (bicyclic) bond motifs is 2. The van der Waals surface area contributed by atoms with Crippen LogP contribution in [-0.4, -0.2) is 44.1 Å². The van der Waals surface area contributed by atoms with Crippen molar-refractivity contribution in [3.63, 3.8) is 0 Å². The van der Waals surface area contributed by atoms with Gasteiger partial charge in [-0.3, -0.25) is 9.52 Å². The minimum absolute atomic E-state index is 0.335. The van der Waals surface area contributed by atoms with E-state index in [2.05, 4.69) is 19.7 Å². The number of benzene rings is 1. The molecule has 0 bridgehead atoms. The molecule has 2 aliphatic heterocycles. The molecule has 1 N–H and O–H groups in total. The summed E-state index contributed by atoms with van der Waals surface area (Å²) >= 11 is 0. The number of carbonyl (C=O) groups excluding carboxylic acids is 1. The third-order valence-electron chi connectivity index (χ3n) is 5.43. The molecular weight excluding hydrogens is 390 g/mol. The Morgan fingerprint density at radius 2 is 2.07 bits per heavy atom. The van der Waals surface area contributed by atoms with Crippen LogP contribution in [0.1, 0.15) is 12.8 Å². The van der Waals surface area contributed by atoms with Gasteiger partial charge in [-0.25, -0.2) is 13.9 Å². The minimum atomic E-state index is -1.59. The van der Waals surface area contributed by atoms with Crippen molar-refractivity contribution in [3.05, 3.63) is 42.7 Å². The minimum Gasteiger partial charge on any atom is -0.488 e. The summed E-state index contributed by atoms with van der Waals surface area (Å²) in [5.74, 6) is 1.38. The Morgan fingerprint density at radius 3 is 2.86 bits per heavy atom. The van der Waals surface area contributed by atoms with Crippen molar-refractivity contribution < 1.29 is 13.7 Å². The van der Waals surface area contributed by atoms with E-state index in [4.69, 9.17) is 4.74 Å². The topological polar surface area (TPSA) is 89.4 Å². The van der Waals surface area contributed by atoms with Crippen molar-refractivity contribution >= 4 is 38.6 Å². The molecule has 1 aromatic carbocycles. The summed E-state index contributed by atoms with van der Waals surface area (Å²) in [4.78, 5) is 18.5. The molecule has 1 fully saturated rings. The Labute approximate surface area is 168 Å². The van der Waals surface area contributed by atoms with Crippen molar-refractivity contribution in [3.8, 4) is 16.9 Å². The molecule has 6 rings (SSSR count). The van der Waals surface area contributed by atoms with Crippen LogP contribution in [0.3, 0.4) is 0 Å². The first kappa shape index (κ1) is 16.7. The fourth-order valence-corrected chi connectivity index (χ4v) is 4.75. The summed E-state index contributed by atoms with van der Waals surface area (Å²) in [5, 5.41) is 5.54. The van der Waals surface area contributed by atoms with Crippen LogP contribution in [0.4, 0.5) is 5.82 Å². The van der Waals surface area contributed by atoms with E-state index in [1.807, 2.05) is 30.5 Å². The first-order valence-corrected chi connectivity index (χ1v) is 10.6. The second-order valence-electron chi connectivity index (χ2n) is 7.37. The van der Waals surface area contributed by atoms with Gasteiger partial charge >= 0.3 is 0 Å². The Bertz CT molecular complexity index is 1230. The van der Waals surface area contributed by atoms with E-state index in [-0.39, 0.29) is 5.91 Å². The monoisotopic (exact) mass is 407 g/mol. The van der Waals surface area contributed by atoms with Gasteiger partial charge in [0.1, 0.15) is 6.61 Å². The Hall–Kier alpha value is -3.20. The Kier molecular flexibility index (Phi) is 3.55. The van der Waals surface area contributed by atoms with Crippen LogP contribution in [0.15, 0.2) is 42.7 Å². The van der Waals surface area contributed by atoms with E-state index < -0.39 is 11.0 Å². The average molecular weight is 407 g/mol. The maximum absolute atomic E-state index is 12.1. The molecule has 1 saturated carbocycles. The van der Waals surface area contributed by atoms with Crippen molar-refractivity contribution in [2.45, 2.75) is 18.9 Å². The fraction of sp³-hybridized carbons (Fsp3) is 0.250. The summed E-state index contributed by atoms with van der Waals surface area (Å²) in [6.07, 6.45) is 7.35. The van der Waals surface area contributed by atoms with Crippen LogP contribution in [0.5, 0.6) is 5.75 Å². The molecule has 29 heavy (non-hydrogen) atoms. The largest absolute Gasteiger partial charge is 0.488 e. The molecule has 1 amide bonds. The van der Waals surface area contributed by atoms with E-state index in [0.717, 1.165) is 40.1 Å². The normalized spacial score (nSPS) is 21.0. The smallest absolute Gasteiger partial charge is 0.258 e. The number of ether oxygens (including phenoxy) is 1. The van der Waals surface area contributed by atoms with Crippen LogP contribution in [0.25, 0.3) is 27.1 Å². The Morgan fingerprint density at radius 1 is 1.17 bits per heavy atom. The van der Waals surface area contributed by atoms with Gasteiger partial charge in [-0.05, 0) is 36.6 Å². The maximum Gasteiger partial charge on any atom is 0.258 e. The second-order valence-corrected chi connectivity index (χ2v) is 8.53. The number of carbonyl (C=O) groups is 1. The second kappa shape index (κ2) is 6.15. The molecule has 0 spiro atoms. The molecule has 1 aliphatic carbocycles. The zero-order valence-electron chi connectivity index (χ0n) is 15.4. The predicted octanol–water partition coefficient (Wildman–Crippen LogP) is 2.05. The molecule has 1 atom stereocenters. The van der Waals surface area contributed by atoms with Crippen LogP contribution in [-0.2, 0) is 15.8 Å². The number of amides is 1. The van der Waals surface area contributed by atoms with Crippen molar-refractivity contribution in [1.82, 2.24) is 19.5 Å². The van der Waals surface area contributed by atoms with Gasteiger partial charge in [0.05, 0.1) is 18.3 Å². The number of nitrogens with zero attached hydrogens (tertiary/aromatic N) is 4. The summed E-state index contributed by atoms with van der Waals surface area (Å²) < 4.78 is 21.8. The number of pyridine rings is 1. The van der Waals surface area contributed by atoms with Gasteiger partial charge in [0.15, 0.2) is 27.6 Å². The highest BCUT2D eigenvalue weighted by Crippen LogP contribution is 2.39. The summed E-state index contributed by atoms with van der Waals surface area (Å²) in [5.41, 5.74) is 2.75. The van der Waals surface area contributed by atoms with Gasteiger partial charge in [-0.1, -0.05) is 6.07 Å². The number of aromatic nitrogens is 3. The first-order valence-electron chi connectivity index (χ1n) is 9.49. The maximum atomic E-state index is 12.1. The van der Waals surface area contributed by atoms with Crippen LogP contribution >= 0.6 is 0 Å². The number of anilines is 1. The zero-order chi connectivity index (χ0) is 19.5. The molecule has 0 radical (unpaired) electrons. The number of nitrogens with one attached hydrogen (secondary N) is 1. The molecule has 3 aromatic rings. The van der Waals surface area contributed by atoms with Gasteiger partial charge in [0.2, 0.25) is 0 Å². The van der Waals surface area contributed by atoms with Crippen molar-refractivity contribution in [2.24, 2.45) is 0 Å². The van der Waals surface area contributed by atoms with E-state index in [1.165, 1.54) is 23.6 Å². The summed E-state index contributed by atoms with van der Waals surface area (Å²) in [6, 6.07) is 8.54. The molecule has 2 aromatic heterocycles. The molecule has 4 heterocycles. The van der Waals surface area contributed by atoms with Crippen molar-refractivity contribution in [1.29, 1.82) is 0 Å². The van der Waals surface area contributed by atoms with Gasteiger partial charge in [0, 0.05) is 29.3 Å². The highest BCUT2D eigenvalue weighted by atomic mass is 32.2. The molecule has 8 nitrogen and oxygen atoms in total. The molecule has 1 unspecified atom stereocenters. The number of hydrogen-bond donors (Lipinski definition) is 1. The predicted molar refractivity (Wildman–Crippen MR) is 109 cm³/mol. The molecule has 146 valence electrons. The highest BCUT2D eigenvalue weighted by Gasteiger charge is 2.33. The van der Waals surface area contributed by atoms with E-state index in [0.29, 0.717) is 17.7 Å². The van der Waals surface area contributed by atoms with Crippen LogP contribution < -0.4 is 14.4 Å². The lowest BCUT2D eigenvalue weighted by molar-refractivity contribution is -0.114. The van der Waals surface area contributed by atoms with Gasteiger partial charge in [0.25, 0.3) is 5.91 Å². The zero-order valence-corrected chi connectivity index (χ0v) is 16.2. The quantitative estimate of drug-likeness (QED) is 0.715. The van der Waals surface area contributed by atoms with E-state index in [9.17, 15) is 9.00 Å². The molecular formula is C20H17N5O3S. The van der Waals surface area contributed by atoms with Crippen molar-refractivity contribution in [2.75, 3.05) is 18.1 Å². The Balaban J connectivity index is 1.38. The summed E-state index contributed by atoms with van der Waals surface area (Å²) in [7, 11) is -1.59. The van der Waals surface area contributed by atoms with Gasteiger partial charge < -0.3 is 9.64 Å². The van der Waals surface area contributed by atoms with Crippen LogP contribution in [0.2, 0.25) is 0 Å². The lowest BCUT2D eigenvalue weighted by Crippen LogP contribution is -2.35. The lowest BCUT2D eigenvalue weighted by atomic mass is 10.1. The van der Waals surface area contributed by atoms with Gasteiger partial charge in [-0.15, -0.1) is 0 Å². The standard InChI is InChI=1S/C20H17N5O3S/c26-18-9-19(29(27)23-18)25-16-4-1-12(7-14(16)11-22-25)13-8-17-20(21-10-13)24(5-6-28-17)15-2-3-15/h1,4,7-11,15H,2-3,5-6H2,(H,23,26). The molecule has 9 heteroatoms. The molecule has 0 saturated heterocycles. The van der Waals surface area contributed by atoms with E-state index >= 15 is 0 Å².